The Bertz CT molecular complexity index is 1230. The SMILES string of the molecule is CC(=O)NCC1CCN(Cc2cc(CN3CCC(c4ccccc4)CC3)cc(-c3cc(Cl)cc(Cl)c3)c2)CC1. The molecule has 0 saturated carbocycles. The number of piperidine rings is 2. The lowest BCUT2D eigenvalue weighted by atomic mass is 9.89. The normalized spacial score (nSPS) is 17.8. The topological polar surface area (TPSA) is 35.6 Å². The van der Waals surface area contributed by atoms with Gasteiger partial charge in [0.1, 0.15) is 0 Å². The summed E-state index contributed by atoms with van der Waals surface area (Å²) in [5.74, 6) is 1.29. The molecule has 0 unspecified atom stereocenters. The summed E-state index contributed by atoms with van der Waals surface area (Å²) in [4.78, 5) is 16.4. The molecule has 5 rings (SSSR count). The lowest BCUT2D eigenvalue weighted by Gasteiger charge is -2.33. The zero-order valence-corrected chi connectivity index (χ0v) is 24.4. The summed E-state index contributed by atoms with van der Waals surface area (Å²) in [6.07, 6.45) is 4.64. The van der Waals surface area contributed by atoms with Gasteiger partial charge in [0.25, 0.3) is 0 Å². The van der Waals surface area contributed by atoms with E-state index in [9.17, 15) is 4.79 Å². The zero-order chi connectivity index (χ0) is 27.2. The number of nitrogens with zero attached hydrogens (tertiary/aromatic N) is 2. The number of carbonyl (C=O) groups excluding carboxylic acids is 1. The number of hydrogen-bond acceptors (Lipinski definition) is 3. The molecule has 3 aromatic carbocycles. The summed E-state index contributed by atoms with van der Waals surface area (Å²) in [5.41, 5.74) is 6.38. The van der Waals surface area contributed by atoms with E-state index in [0.717, 1.165) is 64.2 Å². The number of benzene rings is 3. The standard InChI is InChI=1S/C33H39Cl2N3O/c1-24(39)36-21-25-7-11-37(12-8-25)22-26-15-27(17-30(16-26)31-18-32(34)20-33(35)19-31)23-38-13-9-29(10-14-38)28-5-3-2-4-6-28/h2-6,15-20,25,29H,7-14,21-23H2,1H3,(H,36,39). The molecule has 2 aliphatic heterocycles. The minimum atomic E-state index is 0.0622. The summed E-state index contributed by atoms with van der Waals surface area (Å²) < 4.78 is 0. The molecule has 2 aliphatic rings. The highest BCUT2D eigenvalue weighted by Crippen LogP contribution is 2.32. The van der Waals surface area contributed by atoms with Crippen molar-refractivity contribution < 1.29 is 4.79 Å². The second-order valence-corrected chi connectivity index (χ2v) is 12.2. The zero-order valence-electron chi connectivity index (χ0n) is 22.8. The Morgan fingerprint density at radius 1 is 0.769 bits per heavy atom. The monoisotopic (exact) mass is 563 g/mol. The van der Waals surface area contributed by atoms with E-state index in [2.05, 4.69) is 63.6 Å². The molecule has 4 nitrogen and oxygen atoms in total. The average Bonchev–Trinajstić information content (AvgIpc) is 2.93. The first kappa shape index (κ1) is 28.2. The number of nitrogens with one attached hydrogen (secondary N) is 1. The first-order valence-corrected chi connectivity index (χ1v) is 15.0. The van der Waals surface area contributed by atoms with Crippen LogP contribution in [0.2, 0.25) is 10.0 Å². The minimum Gasteiger partial charge on any atom is -0.356 e. The number of halogens is 2. The van der Waals surface area contributed by atoms with Crippen molar-refractivity contribution in [3.63, 3.8) is 0 Å². The van der Waals surface area contributed by atoms with Crippen LogP contribution in [0.1, 0.15) is 55.2 Å². The molecular weight excluding hydrogens is 525 g/mol. The summed E-state index contributed by atoms with van der Waals surface area (Å²) in [5, 5.41) is 4.31. The van der Waals surface area contributed by atoms with Crippen LogP contribution < -0.4 is 5.32 Å². The molecule has 0 bridgehead atoms. The van der Waals surface area contributed by atoms with E-state index >= 15 is 0 Å². The van der Waals surface area contributed by atoms with Gasteiger partial charge in [-0.1, -0.05) is 59.6 Å². The molecule has 2 saturated heterocycles. The van der Waals surface area contributed by atoms with Crippen molar-refractivity contribution in [1.82, 2.24) is 15.1 Å². The summed E-state index contributed by atoms with van der Waals surface area (Å²) >= 11 is 12.8. The molecule has 0 atom stereocenters. The molecule has 3 aromatic rings. The quantitative estimate of drug-likeness (QED) is 0.310. The largest absolute Gasteiger partial charge is 0.356 e. The fourth-order valence-electron chi connectivity index (χ4n) is 6.14. The molecule has 39 heavy (non-hydrogen) atoms. The van der Waals surface area contributed by atoms with Crippen LogP contribution >= 0.6 is 23.2 Å². The van der Waals surface area contributed by atoms with E-state index in [1.165, 1.54) is 35.1 Å². The van der Waals surface area contributed by atoms with Gasteiger partial charge >= 0.3 is 0 Å². The Hall–Kier alpha value is -2.37. The molecule has 0 radical (unpaired) electrons. The smallest absolute Gasteiger partial charge is 0.216 e. The molecule has 0 aromatic heterocycles. The molecule has 0 aliphatic carbocycles. The number of amides is 1. The van der Waals surface area contributed by atoms with Gasteiger partial charge in [-0.25, -0.2) is 0 Å². The van der Waals surface area contributed by atoms with E-state index < -0.39 is 0 Å². The number of rotatable bonds is 8. The van der Waals surface area contributed by atoms with Gasteiger partial charge in [0, 0.05) is 36.6 Å². The van der Waals surface area contributed by atoms with Gasteiger partial charge in [-0.3, -0.25) is 14.6 Å². The number of carbonyl (C=O) groups is 1. The van der Waals surface area contributed by atoms with Crippen molar-refractivity contribution in [1.29, 1.82) is 0 Å². The maximum absolute atomic E-state index is 11.3. The number of hydrogen-bond donors (Lipinski definition) is 1. The van der Waals surface area contributed by atoms with Gasteiger partial charge in [0.05, 0.1) is 0 Å². The third-order valence-corrected chi connectivity index (χ3v) is 8.70. The van der Waals surface area contributed by atoms with E-state index in [1.807, 2.05) is 12.1 Å². The highest BCUT2D eigenvalue weighted by molar-refractivity contribution is 6.35. The van der Waals surface area contributed by atoms with Crippen molar-refractivity contribution in [3.8, 4) is 11.1 Å². The second kappa shape index (κ2) is 13.3. The fraction of sp³-hybridized carbons (Fsp3) is 0.424. The van der Waals surface area contributed by atoms with Crippen LogP contribution in [0.3, 0.4) is 0 Å². The molecular formula is C33H39Cl2N3O. The van der Waals surface area contributed by atoms with Gasteiger partial charge < -0.3 is 5.32 Å². The Balaban J connectivity index is 1.28. The molecule has 1 amide bonds. The molecule has 1 N–H and O–H groups in total. The van der Waals surface area contributed by atoms with Gasteiger partial charge in [-0.15, -0.1) is 0 Å². The van der Waals surface area contributed by atoms with Crippen LogP contribution in [0, 0.1) is 5.92 Å². The molecule has 2 heterocycles. The van der Waals surface area contributed by atoms with E-state index in [0.29, 0.717) is 21.9 Å². The van der Waals surface area contributed by atoms with Crippen LogP contribution in [0.15, 0.2) is 66.7 Å². The summed E-state index contributed by atoms with van der Waals surface area (Å²) in [6, 6.07) is 23.8. The Labute approximate surface area is 243 Å². The Morgan fingerprint density at radius 2 is 1.31 bits per heavy atom. The van der Waals surface area contributed by atoms with Crippen molar-refractivity contribution in [2.75, 3.05) is 32.7 Å². The third kappa shape index (κ3) is 8.08. The third-order valence-electron chi connectivity index (χ3n) is 8.27. The van der Waals surface area contributed by atoms with Gasteiger partial charge in [-0.2, -0.15) is 0 Å². The minimum absolute atomic E-state index is 0.0622. The predicted octanol–water partition coefficient (Wildman–Crippen LogP) is 7.39. The summed E-state index contributed by atoms with van der Waals surface area (Å²) in [7, 11) is 0. The molecule has 6 heteroatoms. The first-order chi connectivity index (χ1) is 18.9. The fourth-order valence-corrected chi connectivity index (χ4v) is 6.66. The van der Waals surface area contributed by atoms with Crippen LogP contribution in [-0.4, -0.2) is 48.4 Å². The predicted molar refractivity (Wildman–Crippen MR) is 162 cm³/mol. The molecule has 0 spiro atoms. The van der Waals surface area contributed by atoms with Gasteiger partial charge in [0.2, 0.25) is 5.91 Å². The van der Waals surface area contributed by atoms with Crippen molar-refractivity contribution in [2.24, 2.45) is 5.92 Å². The summed E-state index contributed by atoms with van der Waals surface area (Å²) in [6.45, 7) is 8.61. The lowest BCUT2D eigenvalue weighted by Crippen LogP contribution is -2.37. The Kier molecular flexibility index (Phi) is 9.62. The van der Waals surface area contributed by atoms with E-state index in [-0.39, 0.29) is 5.91 Å². The van der Waals surface area contributed by atoms with Crippen LogP contribution in [-0.2, 0) is 17.9 Å². The Morgan fingerprint density at radius 3 is 1.87 bits per heavy atom. The maximum atomic E-state index is 11.3. The van der Waals surface area contributed by atoms with Gasteiger partial charge in [-0.05, 0) is 122 Å². The van der Waals surface area contributed by atoms with E-state index in [4.69, 9.17) is 23.2 Å². The molecule has 206 valence electrons. The molecule has 2 fully saturated rings. The van der Waals surface area contributed by atoms with Gasteiger partial charge in [0.15, 0.2) is 0 Å². The number of likely N-dealkylation sites (tertiary alicyclic amines) is 2. The van der Waals surface area contributed by atoms with Crippen LogP contribution in [0.5, 0.6) is 0 Å². The lowest BCUT2D eigenvalue weighted by molar-refractivity contribution is -0.119. The maximum Gasteiger partial charge on any atom is 0.216 e. The van der Waals surface area contributed by atoms with Crippen molar-refractivity contribution >= 4 is 29.1 Å². The van der Waals surface area contributed by atoms with Crippen molar-refractivity contribution in [3.05, 3.63) is 93.5 Å². The van der Waals surface area contributed by atoms with Crippen molar-refractivity contribution in [2.45, 2.75) is 51.6 Å². The second-order valence-electron chi connectivity index (χ2n) is 11.3. The highest BCUT2D eigenvalue weighted by atomic mass is 35.5. The van der Waals surface area contributed by atoms with Crippen LogP contribution in [0.4, 0.5) is 0 Å². The van der Waals surface area contributed by atoms with E-state index in [1.54, 1.807) is 13.0 Å². The van der Waals surface area contributed by atoms with Crippen LogP contribution in [0.25, 0.3) is 11.1 Å². The average molecular weight is 565 g/mol. The highest BCUT2D eigenvalue weighted by Gasteiger charge is 2.22. The first-order valence-electron chi connectivity index (χ1n) is 14.2.